The number of rotatable bonds is 5. The van der Waals surface area contributed by atoms with Crippen molar-refractivity contribution in [2.24, 2.45) is 0 Å². The van der Waals surface area contributed by atoms with Crippen molar-refractivity contribution in [3.05, 3.63) is 29.8 Å². The summed E-state index contributed by atoms with van der Waals surface area (Å²) in [6.07, 6.45) is -7.18. The molecule has 10 heteroatoms. The van der Waals surface area contributed by atoms with Gasteiger partial charge >= 0.3 is 12.1 Å². The van der Waals surface area contributed by atoms with Crippen LogP contribution in [0, 0.1) is 6.92 Å². The van der Waals surface area contributed by atoms with Crippen LogP contribution in [0.5, 0.6) is 0 Å². The van der Waals surface area contributed by atoms with Gasteiger partial charge in [-0.15, -0.1) is 0 Å². The maximum absolute atomic E-state index is 14.2. The molecule has 0 N–H and O–H groups in total. The molecule has 0 amide bonds. The van der Waals surface area contributed by atoms with Crippen molar-refractivity contribution in [3.8, 4) is 0 Å². The number of aryl methyl sites for hydroxylation is 1. The van der Waals surface area contributed by atoms with Gasteiger partial charge in [0.25, 0.3) is 10.1 Å². The topological polar surface area (TPSA) is 43.4 Å². The fraction of sp³-hybridized carbons (Fsp3) is 0.625. The van der Waals surface area contributed by atoms with E-state index in [9.17, 15) is 30.4 Å². The SMILES string of the molecule is Cc1ccc(S(=O)(=O)OC2(C(F)(F)C(F)(F)F)CC([Si](C)(C)C)C2)cc1. The zero-order chi connectivity index (χ0) is 20.2. The molecule has 2 rings (SSSR count). The standard InChI is InChI=1S/C16H21F5O3SSi/c1-11-5-7-12(8-6-11)25(22,23)24-14(15(17,18)16(19,20)21)9-13(10-14)26(2,3)4/h5-8,13H,9-10H2,1-4H3. The van der Waals surface area contributed by atoms with Crippen LogP contribution in [-0.4, -0.2) is 34.2 Å². The first-order chi connectivity index (χ1) is 11.5. The van der Waals surface area contributed by atoms with Crippen molar-refractivity contribution in [1.29, 1.82) is 0 Å². The summed E-state index contributed by atoms with van der Waals surface area (Å²) in [6, 6.07) is 5.07. The highest BCUT2D eigenvalue weighted by Crippen LogP contribution is 2.61. The number of hydrogen-bond acceptors (Lipinski definition) is 3. The molecule has 0 radical (unpaired) electrons. The highest BCUT2D eigenvalue weighted by Gasteiger charge is 2.76. The largest absolute Gasteiger partial charge is 0.456 e. The Balaban J connectivity index is 2.42. The van der Waals surface area contributed by atoms with E-state index in [2.05, 4.69) is 4.18 Å². The average Bonchev–Trinajstić information content (AvgIpc) is 2.40. The van der Waals surface area contributed by atoms with Gasteiger partial charge < -0.3 is 0 Å². The van der Waals surface area contributed by atoms with Gasteiger partial charge in [0.05, 0.1) is 4.90 Å². The zero-order valence-corrected chi connectivity index (χ0v) is 16.6. The van der Waals surface area contributed by atoms with E-state index < -0.39 is 53.6 Å². The van der Waals surface area contributed by atoms with Crippen molar-refractivity contribution in [1.82, 2.24) is 0 Å². The molecule has 0 spiro atoms. The summed E-state index contributed by atoms with van der Waals surface area (Å²) in [5.74, 6) is -5.27. The molecule has 1 aliphatic rings. The molecule has 0 aromatic heterocycles. The summed E-state index contributed by atoms with van der Waals surface area (Å²) < 4.78 is 96.7. The van der Waals surface area contributed by atoms with Crippen LogP contribution in [0.3, 0.4) is 0 Å². The summed E-state index contributed by atoms with van der Waals surface area (Å²) in [5, 5.41) is 0. The molecule has 0 atom stereocenters. The van der Waals surface area contributed by atoms with Crippen LogP contribution >= 0.6 is 0 Å². The van der Waals surface area contributed by atoms with Gasteiger partial charge in [0.1, 0.15) is 0 Å². The van der Waals surface area contributed by atoms with Gasteiger partial charge in [-0.2, -0.15) is 30.4 Å². The second kappa shape index (κ2) is 6.27. The Morgan fingerprint density at radius 2 is 1.50 bits per heavy atom. The molecule has 1 aromatic rings. The highest BCUT2D eigenvalue weighted by molar-refractivity contribution is 7.86. The fourth-order valence-electron chi connectivity index (χ4n) is 2.95. The predicted octanol–water partition coefficient (Wildman–Crippen LogP) is 5.14. The molecular formula is C16H21F5O3SSi. The zero-order valence-electron chi connectivity index (χ0n) is 14.8. The summed E-state index contributed by atoms with van der Waals surface area (Å²) in [7, 11) is -6.81. The van der Waals surface area contributed by atoms with Crippen molar-refractivity contribution < 1.29 is 34.6 Å². The van der Waals surface area contributed by atoms with Crippen LogP contribution in [0.25, 0.3) is 0 Å². The highest BCUT2D eigenvalue weighted by atomic mass is 32.2. The molecule has 1 aromatic carbocycles. The molecule has 1 saturated carbocycles. The van der Waals surface area contributed by atoms with Crippen LogP contribution in [0.1, 0.15) is 18.4 Å². The maximum atomic E-state index is 14.2. The minimum Gasteiger partial charge on any atom is -0.253 e. The lowest BCUT2D eigenvalue weighted by Crippen LogP contribution is -2.66. The van der Waals surface area contributed by atoms with E-state index in [0.29, 0.717) is 5.56 Å². The molecule has 0 unspecified atom stereocenters. The molecule has 3 nitrogen and oxygen atoms in total. The number of hydrogen-bond donors (Lipinski definition) is 0. The Labute approximate surface area is 150 Å². The molecule has 0 aliphatic heterocycles. The van der Waals surface area contributed by atoms with Gasteiger partial charge in [-0.05, 0) is 37.4 Å². The lowest BCUT2D eigenvalue weighted by atomic mass is 9.74. The lowest BCUT2D eigenvalue weighted by Gasteiger charge is -2.53. The average molecular weight is 416 g/mol. The third kappa shape index (κ3) is 3.68. The molecule has 148 valence electrons. The summed E-state index contributed by atoms with van der Waals surface area (Å²) in [6.45, 7) is 7.19. The first-order valence-corrected chi connectivity index (χ1v) is 13.0. The second-order valence-electron chi connectivity index (χ2n) is 7.89. The smallest absolute Gasteiger partial charge is 0.253 e. The van der Waals surface area contributed by atoms with E-state index in [0.717, 1.165) is 12.1 Å². The molecule has 1 fully saturated rings. The van der Waals surface area contributed by atoms with E-state index in [4.69, 9.17) is 0 Å². The minimum absolute atomic E-state index is 0.385. The normalized spacial score (nSPS) is 25.0. The Morgan fingerprint density at radius 3 is 1.88 bits per heavy atom. The van der Waals surface area contributed by atoms with E-state index in [-0.39, 0.29) is 5.54 Å². The van der Waals surface area contributed by atoms with Gasteiger partial charge in [0, 0.05) is 8.07 Å². The molecule has 0 saturated heterocycles. The van der Waals surface area contributed by atoms with E-state index in [1.807, 2.05) is 19.6 Å². The maximum Gasteiger partial charge on any atom is 0.456 e. The van der Waals surface area contributed by atoms with Crippen molar-refractivity contribution >= 4 is 18.2 Å². The molecule has 0 bridgehead atoms. The van der Waals surface area contributed by atoms with Crippen molar-refractivity contribution in [3.63, 3.8) is 0 Å². The van der Waals surface area contributed by atoms with E-state index >= 15 is 0 Å². The van der Waals surface area contributed by atoms with Crippen LogP contribution < -0.4 is 0 Å². The number of benzene rings is 1. The fourth-order valence-corrected chi connectivity index (χ4v) is 6.06. The monoisotopic (exact) mass is 416 g/mol. The Hall–Kier alpha value is -1.00. The lowest BCUT2D eigenvalue weighted by molar-refractivity contribution is -0.348. The van der Waals surface area contributed by atoms with Crippen LogP contribution in [0.2, 0.25) is 25.2 Å². The third-order valence-electron chi connectivity index (χ3n) is 4.88. The molecule has 26 heavy (non-hydrogen) atoms. The minimum atomic E-state index is -5.90. The first-order valence-electron chi connectivity index (χ1n) is 7.99. The third-order valence-corrected chi connectivity index (χ3v) is 9.13. The van der Waals surface area contributed by atoms with Crippen LogP contribution in [0.15, 0.2) is 29.2 Å². The van der Waals surface area contributed by atoms with Gasteiger partial charge in [-0.25, -0.2) is 0 Å². The van der Waals surface area contributed by atoms with Crippen molar-refractivity contribution in [2.45, 2.75) is 67.5 Å². The Bertz CT molecular complexity index is 761. The van der Waals surface area contributed by atoms with Gasteiger partial charge in [0.2, 0.25) is 0 Å². The van der Waals surface area contributed by atoms with E-state index in [1.54, 1.807) is 6.92 Å². The molecule has 1 aliphatic carbocycles. The number of alkyl halides is 5. The molecular weight excluding hydrogens is 395 g/mol. The summed E-state index contributed by atoms with van der Waals surface area (Å²) in [4.78, 5) is -0.447. The van der Waals surface area contributed by atoms with Crippen molar-refractivity contribution in [2.75, 3.05) is 0 Å². The van der Waals surface area contributed by atoms with Gasteiger partial charge in [-0.1, -0.05) is 37.3 Å². The second-order valence-corrected chi connectivity index (χ2v) is 15.0. The summed E-state index contributed by atoms with van der Waals surface area (Å²) >= 11 is 0. The predicted molar refractivity (Wildman–Crippen MR) is 89.5 cm³/mol. The number of halogens is 5. The van der Waals surface area contributed by atoms with Crippen LogP contribution in [-0.2, 0) is 14.3 Å². The van der Waals surface area contributed by atoms with Gasteiger partial charge in [0.15, 0.2) is 5.60 Å². The Morgan fingerprint density at radius 1 is 1.04 bits per heavy atom. The quantitative estimate of drug-likeness (QED) is 0.379. The van der Waals surface area contributed by atoms with Gasteiger partial charge in [-0.3, -0.25) is 4.18 Å². The first kappa shape index (κ1) is 21.3. The van der Waals surface area contributed by atoms with E-state index in [1.165, 1.54) is 12.1 Å². The van der Waals surface area contributed by atoms with Crippen LogP contribution in [0.4, 0.5) is 22.0 Å². The Kier molecular flexibility index (Phi) is 5.13. The summed E-state index contributed by atoms with van der Waals surface area (Å²) in [5.41, 5.74) is -2.77. The molecule has 0 heterocycles.